The summed E-state index contributed by atoms with van der Waals surface area (Å²) in [5.41, 5.74) is 1.09. The molecular weight excluding hydrogens is 434 g/mol. The van der Waals surface area contributed by atoms with Crippen molar-refractivity contribution < 1.29 is 19.7 Å². The fraction of sp³-hybridized carbons (Fsp3) is 0.148. The SMILES string of the molecule is CN(C)CCOc1ccc(C(=O)c2cc3sc4cc(O)ccc4c3c3ccc(O)cc23)cc1. The van der Waals surface area contributed by atoms with E-state index in [2.05, 4.69) is 0 Å². The van der Waals surface area contributed by atoms with Crippen LogP contribution in [0.25, 0.3) is 30.9 Å². The second-order valence-corrected chi connectivity index (χ2v) is 9.40. The molecule has 5 rings (SSSR count). The molecule has 0 amide bonds. The molecule has 0 aliphatic heterocycles. The molecule has 1 heterocycles. The molecule has 0 radical (unpaired) electrons. The molecule has 6 heteroatoms. The maximum atomic E-state index is 13.5. The number of ketones is 1. The van der Waals surface area contributed by atoms with Gasteiger partial charge in [0.25, 0.3) is 0 Å². The van der Waals surface area contributed by atoms with E-state index in [0.717, 1.165) is 37.9 Å². The molecule has 0 atom stereocenters. The predicted molar refractivity (Wildman–Crippen MR) is 134 cm³/mol. The van der Waals surface area contributed by atoms with Crippen LogP contribution in [0.5, 0.6) is 17.2 Å². The summed E-state index contributed by atoms with van der Waals surface area (Å²) in [5.74, 6) is 0.918. The maximum Gasteiger partial charge on any atom is 0.193 e. The molecule has 1 aromatic heterocycles. The first kappa shape index (κ1) is 21.2. The highest BCUT2D eigenvalue weighted by Gasteiger charge is 2.18. The number of aromatic hydroxyl groups is 2. The average Bonchev–Trinajstić information content (AvgIpc) is 3.15. The number of phenolic OH excluding ortho intramolecular Hbond substituents is 2. The zero-order chi connectivity index (χ0) is 23.1. The summed E-state index contributed by atoms with van der Waals surface area (Å²) in [4.78, 5) is 15.6. The van der Waals surface area contributed by atoms with Crippen molar-refractivity contribution in [3.63, 3.8) is 0 Å². The fourth-order valence-electron chi connectivity index (χ4n) is 4.06. The first-order valence-corrected chi connectivity index (χ1v) is 11.5. The Balaban J connectivity index is 1.60. The normalized spacial score (nSPS) is 11.6. The summed E-state index contributed by atoms with van der Waals surface area (Å²) in [6.07, 6.45) is 0. The molecule has 0 saturated heterocycles. The lowest BCUT2D eigenvalue weighted by Crippen LogP contribution is -2.19. The van der Waals surface area contributed by atoms with E-state index in [1.54, 1.807) is 36.4 Å². The Labute approximate surface area is 195 Å². The second kappa shape index (κ2) is 8.39. The first-order chi connectivity index (χ1) is 15.9. The first-order valence-electron chi connectivity index (χ1n) is 10.6. The molecule has 0 spiro atoms. The number of ether oxygens (including phenoxy) is 1. The van der Waals surface area contributed by atoms with Gasteiger partial charge in [0, 0.05) is 37.8 Å². The van der Waals surface area contributed by atoms with Gasteiger partial charge in [-0.3, -0.25) is 4.79 Å². The molecule has 0 aliphatic carbocycles. The number of hydrogen-bond acceptors (Lipinski definition) is 6. The van der Waals surface area contributed by atoms with Crippen LogP contribution in [0.4, 0.5) is 0 Å². The molecule has 5 nitrogen and oxygen atoms in total. The number of carbonyl (C=O) groups is 1. The van der Waals surface area contributed by atoms with Crippen molar-refractivity contribution in [1.29, 1.82) is 0 Å². The summed E-state index contributed by atoms with van der Waals surface area (Å²) in [7, 11) is 3.98. The van der Waals surface area contributed by atoms with Crippen LogP contribution in [-0.2, 0) is 0 Å². The van der Waals surface area contributed by atoms with Crippen molar-refractivity contribution in [2.45, 2.75) is 0 Å². The van der Waals surface area contributed by atoms with Crippen molar-refractivity contribution in [3.05, 3.63) is 77.9 Å². The van der Waals surface area contributed by atoms with Crippen molar-refractivity contribution >= 4 is 48.1 Å². The van der Waals surface area contributed by atoms with E-state index in [1.807, 2.05) is 49.3 Å². The lowest BCUT2D eigenvalue weighted by Gasteiger charge is -2.12. The highest BCUT2D eigenvalue weighted by molar-refractivity contribution is 7.26. The number of phenols is 2. The molecule has 0 unspecified atom stereocenters. The van der Waals surface area contributed by atoms with Crippen molar-refractivity contribution in [2.24, 2.45) is 0 Å². The van der Waals surface area contributed by atoms with Gasteiger partial charge in [-0.25, -0.2) is 0 Å². The Morgan fingerprint density at radius 3 is 2.27 bits per heavy atom. The van der Waals surface area contributed by atoms with E-state index in [0.29, 0.717) is 23.1 Å². The third kappa shape index (κ3) is 3.99. The number of likely N-dealkylation sites (N-methyl/N-ethyl adjacent to an activating group) is 1. The standard InChI is InChI=1S/C27H23NO4S/c1-28(2)11-12-32-19-7-3-16(4-8-19)27(31)23-15-25-26(20-9-5-17(29)13-22(20)23)21-10-6-18(30)14-24(21)33-25/h3-10,13-15,29-30H,11-12H2,1-2H3. The fourth-order valence-corrected chi connectivity index (χ4v) is 5.25. The highest BCUT2D eigenvalue weighted by Crippen LogP contribution is 2.42. The zero-order valence-corrected chi connectivity index (χ0v) is 19.1. The van der Waals surface area contributed by atoms with Crippen LogP contribution in [0, 0.1) is 0 Å². The molecule has 0 fully saturated rings. The minimum Gasteiger partial charge on any atom is -0.508 e. The third-order valence-corrected chi connectivity index (χ3v) is 6.81. The molecule has 5 aromatic rings. The van der Waals surface area contributed by atoms with E-state index in [4.69, 9.17) is 4.74 Å². The Morgan fingerprint density at radius 1 is 0.848 bits per heavy atom. The minimum atomic E-state index is -0.118. The predicted octanol–water partition coefficient (Wildman–Crippen LogP) is 5.79. The van der Waals surface area contributed by atoms with Crippen molar-refractivity contribution in [1.82, 2.24) is 4.90 Å². The summed E-state index contributed by atoms with van der Waals surface area (Å²) in [5, 5.41) is 23.7. The summed E-state index contributed by atoms with van der Waals surface area (Å²) >= 11 is 1.54. The topological polar surface area (TPSA) is 70.0 Å². The van der Waals surface area contributed by atoms with Gasteiger partial charge in [-0.1, -0.05) is 6.07 Å². The van der Waals surface area contributed by atoms with Crippen LogP contribution < -0.4 is 4.74 Å². The van der Waals surface area contributed by atoms with Crippen LogP contribution in [0.2, 0.25) is 0 Å². The molecule has 166 valence electrons. The molecular formula is C27H23NO4S. The van der Waals surface area contributed by atoms with Gasteiger partial charge in [-0.05, 0) is 85.5 Å². The summed E-state index contributed by atoms with van der Waals surface area (Å²) in [6, 6.07) is 19.5. The van der Waals surface area contributed by atoms with Gasteiger partial charge >= 0.3 is 0 Å². The van der Waals surface area contributed by atoms with Crippen molar-refractivity contribution in [3.8, 4) is 17.2 Å². The Morgan fingerprint density at radius 2 is 1.55 bits per heavy atom. The van der Waals surface area contributed by atoms with Gasteiger partial charge in [0.05, 0.1) is 0 Å². The van der Waals surface area contributed by atoms with Crippen molar-refractivity contribution in [2.75, 3.05) is 27.2 Å². The van der Waals surface area contributed by atoms with Crippen LogP contribution in [-0.4, -0.2) is 48.1 Å². The van der Waals surface area contributed by atoms with Crippen LogP contribution >= 0.6 is 11.3 Å². The number of fused-ring (bicyclic) bond motifs is 5. The maximum absolute atomic E-state index is 13.5. The molecule has 0 bridgehead atoms. The van der Waals surface area contributed by atoms with Gasteiger partial charge in [-0.15, -0.1) is 11.3 Å². The molecule has 4 aromatic carbocycles. The van der Waals surface area contributed by atoms with E-state index in [9.17, 15) is 15.0 Å². The largest absolute Gasteiger partial charge is 0.508 e. The van der Waals surface area contributed by atoms with Crippen LogP contribution in [0.1, 0.15) is 15.9 Å². The van der Waals surface area contributed by atoms with Crippen LogP contribution in [0.3, 0.4) is 0 Å². The Hall–Kier alpha value is -3.61. The molecule has 2 N–H and O–H groups in total. The lowest BCUT2D eigenvalue weighted by molar-refractivity contribution is 0.104. The number of rotatable bonds is 6. The number of carbonyl (C=O) groups excluding carboxylic acids is 1. The number of nitrogens with zero attached hydrogens (tertiary/aromatic N) is 1. The van der Waals surface area contributed by atoms with Gasteiger partial charge in [-0.2, -0.15) is 0 Å². The monoisotopic (exact) mass is 457 g/mol. The van der Waals surface area contributed by atoms with E-state index < -0.39 is 0 Å². The van der Waals surface area contributed by atoms with Gasteiger partial charge in [0.2, 0.25) is 0 Å². The second-order valence-electron chi connectivity index (χ2n) is 8.31. The average molecular weight is 458 g/mol. The Bertz CT molecular complexity index is 1500. The Kier molecular flexibility index (Phi) is 5.40. The summed E-state index contributed by atoms with van der Waals surface area (Å²) < 4.78 is 7.65. The smallest absolute Gasteiger partial charge is 0.193 e. The zero-order valence-electron chi connectivity index (χ0n) is 18.3. The minimum absolute atomic E-state index is 0.109. The third-order valence-electron chi connectivity index (χ3n) is 5.71. The van der Waals surface area contributed by atoms with Gasteiger partial charge in [0.1, 0.15) is 23.9 Å². The van der Waals surface area contributed by atoms with E-state index in [-0.39, 0.29) is 17.3 Å². The van der Waals surface area contributed by atoms with E-state index >= 15 is 0 Å². The summed E-state index contributed by atoms with van der Waals surface area (Å²) in [6.45, 7) is 1.38. The lowest BCUT2D eigenvalue weighted by atomic mass is 9.94. The highest BCUT2D eigenvalue weighted by atomic mass is 32.1. The molecule has 0 aliphatic rings. The van der Waals surface area contributed by atoms with Crippen LogP contribution in [0.15, 0.2) is 66.7 Å². The molecule has 33 heavy (non-hydrogen) atoms. The van der Waals surface area contributed by atoms with Gasteiger partial charge in [0.15, 0.2) is 5.78 Å². The molecule has 0 saturated carbocycles. The number of hydrogen-bond donors (Lipinski definition) is 2. The number of benzene rings is 4. The van der Waals surface area contributed by atoms with Gasteiger partial charge < -0.3 is 19.8 Å². The quantitative estimate of drug-likeness (QED) is 0.316. The van der Waals surface area contributed by atoms with E-state index in [1.165, 1.54) is 11.3 Å². The number of thiophene rings is 1.